The van der Waals surface area contributed by atoms with E-state index in [1.54, 1.807) is 17.0 Å². The predicted molar refractivity (Wildman–Crippen MR) is 143 cm³/mol. The van der Waals surface area contributed by atoms with Crippen molar-refractivity contribution in [3.05, 3.63) is 48.5 Å². The molecule has 3 aliphatic heterocycles. The number of rotatable bonds is 5. The molecular formula is C28H30N4O4S. The van der Waals surface area contributed by atoms with Gasteiger partial charge >= 0.3 is 0 Å². The van der Waals surface area contributed by atoms with Gasteiger partial charge in [-0.25, -0.2) is 8.42 Å². The van der Waals surface area contributed by atoms with Crippen LogP contribution in [-0.2, 0) is 19.6 Å². The van der Waals surface area contributed by atoms with E-state index < -0.39 is 16.1 Å². The molecule has 3 aliphatic rings. The summed E-state index contributed by atoms with van der Waals surface area (Å²) in [5.74, 6) is 2.18. The molecule has 0 unspecified atom stereocenters. The molecule has 37 heavy (non-hydrogen) atoms. The van der Waals surface area contributed by atoms with Crippen molar-refractivity contribution < 1.29 is 17.9 Å². The lowest BCUT2D eigenvalue weighted by atomic mass is 10.1. The molecule has 4 heterocycles. The number of para-hydroxylation sites is 1. The maximum atomic E-state index is 14.1. The molecule has 2 atom stereocenters. The van der Waals surface area contributed by atoms with Crippen LogP contribution in [0.2, 0.25) is 0 Å². The Labute approximate surface area is 217 Å². The van der Waals surface area contributed by atoms with Gasteiger partial charge in [0, 0.05) is 66.5 Å². The average Bonchev–Trinajstić information content (AvgIpc) is 3.53. The Morgan fingerprint density at radius 2 is 1.84 bits per heavy atom. The number of hydrogen-bond acceptors (Lipinski definition) is 5. The smallest absolute Gasteiger partial charge is 0.243 e. The molecule has 1 N–H and O–H groups in total. The number of nitrogens with one attached hydrogen (secondary N) is 1. The van der Waals surface area contributed by atoms with E-state index in [4.69, 9.17) is 11.2 Å². The van der Waals surface area contributed by atoms with Gasteiger partial charge in [0.2, 0.25) is 15.9 Å². The maximum Gasteiger partial charge on any atom is 0.243 e. The number of aromatic amines is 1. The van der Waals surface area contributed by atoms with Crippen molar-refractivity contribution in [2.45, 2.75) is 23.8 Å². The number of anilines is 1. The molecule has 0 aliphatic carbocycles. The number of terminal acetylenes is 1. The minimum Gasteiger partial charge on any atom is -0.378 e. The Kier molecular flexibility index (Phi) is 6.19. The number of morpholine rings is 1. The van der Waals surface area contributed by atoms with Crippen molar-refractivity contribution in [2.75, 3.05) is 50.8 Å². The minimum atomic E-state index is -3.98. The van der Waals surface area contributed by atoms with Crippen LogP contribution in [0.4, 0.5) is 5.69 Å². The number of sulfonamides is 1. The highest BCUT2D eigenvalue weighted by atomic mass is 32.2. The van der Waals surface area contributed by atoms with E-state index in [1.807, 2.05) is 30.3 Å². The first-order chi connectivity index (χ1) is 18.0. The van der Waals surface area contributed by atoms with Gasteiger partial charge in [-0.05, 0) is 43.2 Å². The number of carbonyl (C=O) groups is 1. The van der Waals surface area contributed by atoms with E-state index in [-0.39, 0.29) is 23.3 Å². The summed E-state index contributed by atoms with van der Waals surface area (Å²) >= 11 is 0. The summed E-state index contributed by atoms with van der Waals surface area (Å²) in [6, 6.07) is 14.5. The van der Waals surface area contributed by atoms with Gasteiger partial charge in [0.25, 0.3) is 0 Å². The SMILES string of the molecule is C#C[C@@H]1C[C@@H](C(=O)N2CCOCC2)N(S(=O)(=O)c2ccc(N3CCC3)c(-c3cc4ccccc4[nH]3)c2)C1. The molecule has 1 amide bonds. The summed E-state index contributed by atoms with van der Waals surface area (Å²) in [5, 5.41) is 1.06. The molecule has 3 saturated heterocycles. The van der Waals surface area contributed by atoms with E-state index in [2.05, 4.69) is 21.9 Å². The van der Waals surface area contributed by atoms with Crippen molar-refractivity contribution in [3.63, 3.8) is 0 Å². The van der Waals surface area contributed by atoms with Crippen LogP contribution in [0, 0.1) is 18.3 Å². The summed E-state index contributed by atoms with van der Waals surface area (Å²) in [4.78, 5) is 21.0. The lowest BCUT2D eigenvalue weighted by Gasteiger charge is -2.35. The number of benzene rings is 2. The van der Waals surface area contributed by atoms with Gasteiger partial charge in [-0.15, -0.1) is 12.3 Å². The topological polar surface area (TPSA) is 85.9 Å². The standard InChI is InChI=1S/C28H30N4O4S/c1-2-20-16-27(28(33)31-12-14-36-15-13-31)32(19-20)37(34,35)22-8-9-26(30-10-5-11-30)23(18-22)25-17-21-6-3-4-7-24(21)29-25/h1,3-4,6-9,17-18,20,27,29H,5,10-16,19H2/t20-,27+/m1/s1. The fourth-order valence-electron chi connectivity index (χ4n) is 5.49. The van der Waals surface area contributed by atoms with E-state index in [9.17, 15) is 13.2 Å². The molecule has 3 aromatic rings. The lowest BCUT2D eigenvalue weighted by Crippen LogP contribution is -2.50. The van der Waals surface area contributed by atoms with Crippen molar-refractivity contribution in [3.8, 4) is 23.6 Å². The number of nitrogens with zero attached hydrogens (tertiary/aromatic N) is 3. The van der Waals surface area contributed by atoms with Gasteiger partial charge in [-0.1, -0.05) is 18.2 Å². The first-order valence-corrected chi connectivity index (χ1v) is 14.2. The second-order valence-corrected chi connectivity index (χ2v) is 11.8. The molecule has 0 bridgehead atoms. The Morgan fingerprint density at radius 1 is 1.05 bits per heavy atom. The number of carbonyl (C=O) groups excluding carboxylic acids is 1. The predicted octanol–water partition coefficient (Wildman–Crippen LogP) is 2.92. The monoisotopic (exact) mass is 518 g/mol. The van der Waals surface area contributed by atoms with E-state index in [0.29, 0.717) is 32.7 Å². The quantitative estimate of drug-likeness (QED) is 0.525. The zero-order chi connectivity index (χ0) is 25.6. The summed E-state index contributed by atoms with van der Waals surface area (Å²) in [5.41, 5.74) is 3.69. The largest absolute Gasteiger partial charge is 0.378 e. The first-order valence-electron chi connectivity index (χ1n) is 12.8. The van der Waals surface area contributed by atoms with Crippen molar-refractivity contribution in [2.24, 2.45) is 5.92 Å². The number of ether oxygens (including phenoxy) is 1. The summed E-state index contributed by atoms with van der Waals surface area (Å²) < 4.78 is 34.8. The highest BCUT2D eigenvalue weighted by molar-refractivity contribution is 7.89. The summed E-state index contributed by atoms with van der Waals surface area (Å²) in [7, 11) is -3.98. The third-order valence-electron chi connectivity index (χ3n) is 7.69. The van der Waals surface area contributed by atoms with Crippen molar-refractivity contribution in [1.29, 1.82) is 0 Å². The van der Waals surface area contributed by atoms with Gasteiger partial charge in [-0.2, -0.15) is 4.31 Å². The van der Waals surface area contributed by atoms with Gasteiger partial charge < -0.3 is 19.5 Å². The summed E-state index contributed by atoms with van der Waals surface area (Å²) in [6.45, 7) is 3.83. The molecule has 1 aromatic heterocycles. The van der Waals surface area contributed by atoms with Crippen LogP contribution in [0.1, 0.15) is 12.8 Å². The molecule has 9 heteroatoms. The average molecular weight is 519 g/mol. The van der Waals surface area contributed by atoms with E-state index in [0.717, 1.165) is 47.4 Å². The molecule has 0 radical (unpaired) electrons. The Bertz CT molecular complexity index is 1450. The number of hydrogen-bond donors (Lipinski definition) is 1. The molecule has 6 rings (SSSR count). The number of amides is 1. The van der Waals surface area contributed by atoms with Crippen LogP contribution in [0.25, 0.3) is 22.2 Å². The molecular weight excluding hydrogens is 488 g/mol. The van der Waals surface area contributed by atoms with Crippen LogP contribution < -0.4 is 4.90 Å². The lowest BCUT2D eigenvalue weighted by molar-refractivity contribution is -0.138. The van der Waals surface area contributed by atoms with Crippen LogP contribution >= 0.6 is 0 Å². The van der Waals surface area contributed by atoms with Gasteiger partial charge in [0.1, 0.15) is 6.04 Å². The zero-order valence-electron chi connectivity index (χ0n) is 20.6. The van der Waals surface area contributed by atoms with Crippen LogP contribution in [0.3, 0.4) is 0 Å². The molecule has 192 valence electrons. The highest BCUT2D eigenvalue weighted by Crippen LogP contribution is 2.38. The van der Waals surface area contributed by atoms with Crippen LogP contribution in [-0.4, -0.2) is 80.5 Å². The Balaban J connectivity index is 1.39. The van der Waals surface area contributed by atoms with E-state index in [1.165, 1.54) is 4.31 Å². The third-order valence-corrected chi connectivity index (χ3v) is 9.56. The minimum absolute atomic E-state index is 0.134. The number of fused-ring (bicyclic) bond motifs is 1. The molecule has 8 nitrogen and oxygen atoms in total. The number of H-pyrrole nitrogens is 1. The van der Waals surface area contributed by atoms with Crippen LogP contribution in [0.15, 0.2) is 53.4 Å². The van der Waals surface area contributed by atoms with Gasteiger partial charge in [0.15, 0.2) is 0 Å². The fraction of sp³-hybridized carbons (Fsp3) is 0.393. The molecule has 2 aromatic carbocycles. The highest BCUT2D eigenvalue weighted by Gasteiger charge is 2.45. The first kappa shape index (κ1) is 24.0. The second kappa shape index (κ2) is 9.53. The zero-order valence-corrected chi connectivity index (χ0v) is 21.4. The molecule has 3 fully saturated rings. The number of aromatic nitrogens is 1. The van der Waals surface area contributed by atoms with Crippen molar-refractivity contribution >= 4 is 32.5 Å². The normalized spacial score (nSPS) is 22.7. The Morgan fingerprint density at radius 3 is 2.54 bits per heavy atom. The fourth-order valence-corrected chi connectivity index (χ4v) is 7.15. The Hall–Kier alpha value is -3.32. The summed E-state index contributed by atoms with van der Waals surface area (Å²) in [6.07, 6.45) is 7.14. The third kappa shape index (κ3) is 4.29. The van der Waals surface area contributed by atoms with E-state index >= 15 is 0 Å². The van der Waals surface area contributed by atoms with Crippen LogP contribution in [0.5, 0.6) is 0 Å². The second-order valence-electron chi connectivity index (χ2n) is 9.92. The maximum absolute atomic E-state index is 14.1. The van der Waals surface area contributed by atoms with Gasteiger partial charge in [0.05, 0.1) is 18.1 Å². The molecule has 0 spiro atoms. The van der Waals surface area contributed by atoms with Gasteiger partial charge in [-0.3, -0.25) is 4.79 Å². The van der Waals surface area contributed by atoms with Crippen molar-refractivity contribution in [1.82, 2.24) is 14.2 Å². The molecule has 0 saturated carbocycles.